The maximum Gasteiger partial charge on any atom is 0.123 e. The molecule has 0 saturated carbocycles. The fraction of sp³-hybridized carbons (Fsp3) is 0.467. The smallest absolute Gasteiger partial charge is 0.123 e. The zero-order valence-corrected chi connectivity index (χ0v) is 11.0. The number of H-pyrrole nitrogens is 1. The molecule has 2 heterocycles. The largest absolute Gasteiger partial charge is 0.361 e. The van der Waals surface area contributed by atoms with E-state index in [1.807, 2.05) is 6.20 Å². The zero-order valence-electron chi connectivity index (χ0n) is 11.0. The highest BCUT2D eigenvalue weighted by Gasteiger charge is 2.24. The van der Waals surface area contributed by atoms with E-state index in [1.165, 1.54) is 11.6 Å². The number of likely N-dealkylation sites (tertiary alicyclic amines) is 1. The molecule has 1 aliphatic rings. The summed E-state index contributed by atoms with van der Waals surface area (Å²) in [4.78, 5) is 5.64. The van der Waals surface area contributed by atoms with E-state index >= 15 is 0 Å². The summed E-state index contributed by atoms with van der Waals surface area (Å²) in [5.41, 5.74) is 7.84. The van der Waals surface area contributed by atoms with Crippen LogP contribution in [0.5, 0.6) is 0 Å². The molecule has 102 valence electrons. The van der Waals surface area contributed by atoms with Crippen molar-refractivity contribution in [2.24, 2.45) is 11.7 Å². The number of nitrogens with one attached hydrogen (secondary N) is 1. The van der Waals surface area contributed by atoms with Gasteiger partial charge in [0.25, 0.3) is 0 Å². The minimum absolute atomic E-state index is 0.165. The first kappa shape index (κ1) is 12.6. The summed E-state index contributed by atoms with van der Waals surface area (Å²) in [5, 5.41) is 1.02. The maximum absolute atomic E-state index is 13.3. The van der Waals surface area contributed by atoms with Crippen LogP contribution in [-0.4, -0.2) is 36.1 Å². The fourth-order valence-electron chi connectivity index (χ4n) is 2.86. The molecule has 0 radical (unpaired) electrons. The molecular weight excluding hydrogens is 241 g/mol. The van der Waals surface area contributed by atoms with Crippen molar-refractivity contribution in [1.29, 1.82) is 0 Å². The van der Waals surface area contributed by atoms with Gasteiger partial charge in [0.2, 0.25) is 0 Å². The average Bonchev–Trinajstić information content (AvgIpc) is 2.74. The van der Waals surface area contributed by atoms with Gasteiger partial charge in [-0.3, -0.25) is 0 Å². The molecule has 3 rings (SSSR count). The summed E-state index contributed by atoms with van der Waals surface area (Å²) >= 11 is 0. The van der Waals surface area contributed by atoms with Crippen molar-refractivity contribution >= 4 is 10.9 Å². The van der Waals surface area contributed by atoms with Crippen LogP contribution in [0.3, 0.4) is 0 Å². The molecule has 0 unspecified atom stereocenters. The quantitative estimate of drug-likeness (QED) is 0.866. The van der Waals surface area contributed by atoms with E-state index in [4.69, 9.17) is 5.73 Å². The van der Waals surface area contributed by atoms with Gasteiger partial charge in [-0.05, 0) is 55.6 Å². The molecule has 0 amide bonds. The number of hydrogen-bond donors (Lipinski definition) is 2. The van der Waals surface area contributed by atoms with Gasteiger partial charge in [-0.2, -0.15) is 0 Å². The number of fused-ring (bicyclic) bond motifs is 1. The van der Waals surface area contributed by atoms with Gasteiger partial charge in [-0.1, -0.05) is 0 Å². The first-order chi connectivity index (χ1) is 9.26. The Bertz CT molecular complexity index is 558. The molecule has 3 nitrogen and oxygen atoms in total. The third-order valence-corrected chi connectivity index (χ3v) is 4.02. The highest BCUT2D eigenvalue weighted by molar-refractivity contribution is 5.83. The second-order valence-corrected chi connectivity index (χ2v) is 5.47. The van der Waals surface area contributed by atoms with Crippen LogP contribution >= 0.6 is 0 Å². The topological polar surface area (TPSA) is 45.0 Å². The van der Waals surface area contributed by atoms with Gasteiger partial charge in [0, 0.05) is 30.2 Å². The van der Waals surface area contributed by atoms with Crippen LogP contribution in [0.1, 0.15) is 12.0 Å². The zero-order chi connectivity index (χ0) is 13.2. The Morgan fingerprint density at radius 3 is 3.00 bits per heavy atom. The number of nitrogens with zero attached hydrogens (tertiary/aromatic N) is 1. The lowest BCUT2D eigenvalue weighted by Crippen LogP contribution is -2.50. The van der Waals surface area contributed by atoms with Crippen LogP contribution in [0.25, 0.3) is 10.9 Å². The van der Waals surface area contributed by atoms with Crippen LogP contribution in [0.4, 0.5) is 4.39 Å². The average molecular weight is 261 g/mol. The summed E-state index contributed by atoms with van der Waals surface area (Å²) in [7, 11) is 0. The molecule has 1 aromatic heterocycles. The SMILES string of the molecule is NCC1CN(CCCc2c[nH]c3ccc(F)cc23)C1. The molecule has 1 saturated heterocycles. The van der Waals surface area contributed by atoms with Crippen LogP contribution in [0.2, 0.25) is 0 Å². The van der Waals surface area contributed by atoms with E-state index in [0.29, 0.717) is 5.92 Å². The van der Waals surface area contributed by atoms with Gasteiger partial charge in [0.05, 0.1) is 0 Å². The lowest BCUT2D eigenvalue weighted by molar-refractivity contribution is 0.105. The summed E-state index contributed by atoms with van der Waals surface area (Å²) in [6, 6.07) is 4.92. The number of aromatic nitrogens is 1. The molecule has 0 atom stereocenters. The molecule has 1 fully saturated rings. The summed E-state index contributed by atoms with van der Waals surface area (Å²) in [6.07, 6.45) is 4.11. The van der Waals surface area contributed by atoms with Crippen LogP contribution in [0.15, 0.2) is 24.4 Å². The second kappa shape index (κ2) is 5.31. The molecule has 4 heteroatoms. The normalized spacial score (nSPS) is 16.9. The van der Waals surface area contributed by atoms with E-state index in [-0.39, 0.29) is 5.82 Å². The minimum atomic E-state index is -0.165. The Kier molecular flexibility index (Phi) is 3.53. The van der Waals surface area contributed by atoms with Crippen molar-refractivity contribution in [2.45, 2.75) is 12.8 Å². The van der Waals surface area contributed by atoms with Gasteiger partial charge >= 0.3 is 0 Å². The Balaban J connectivity index is 1.55. The Labute approximate surface area is 112 Å². The van der Waals surface area contributed by atoms with Crippen molar-refractivity contribution in [3.05, 3.63) is 35.8 Å². The highest BCUT2D eigenvalue weighted by Crippen LogP contribution is 2.21. The van der Waals surface area contributed by atoms with Crippen molar-refractivity contribution in [1.82, 2.24) is 9.88 Å². The van der Waals surface area contributed by atoms with Gasteiger partial charge in [-0.25, -0.2) is 4.39 Å². The molecule has 1 aromatic carbocycles. The number of benzene rings is 1. The Morgan fingerprint density at radius 1 is 1.37 bits per heavy atom. The highest BCUT2D eigenvalue weighted by atomic mass is 19.1. The predicted octanol–water partition coefficient (Wildman–Crippen LogP) is 2.13. The summed E-state index contributed by atoms with van der Waals surface area (Å²) in [6.45, 7) is 4.19. The number of aryl methyl sites for hydroxylation is 1. The van der Waals surface area contributed by atoms with Gasteiger partial charge in [0.15, 0.2) is 0 Å². The lowest BCUT2D eigenvalue weighted by Gasteiger charge is -2.38. The number of aromatic amines is 1. The maximum atomic E-state index is 13.3. The van der Waals surface area contributed by atoms with Gasteiger partial charge in [0.1, 0.15) is 5.82 Å². The molecule has 0 spiro atoms. The molecule has 3 N–H and O–H groups in total. The van der Waals surface area contributed by atoms with Crippen molar-refractivity contribution in [3.63, 3.8) is 0 Å². The van der Waals surface area contributed by atoms with E-state index in [2.05, 4.69) is 9.88 Å². The first-order valence-corrected chi connectivity index (χ1v) is 6.94. The predicted molar refractivity (Wildman–Crippen MR) is 75.6 cm³/mol. The second-order valence-electron chi connectivity index (χ2n) is 5.47. The Hall–Kier alpha value is -1.39. The van der Waals surface area contributed by atoms with Crippen LogP contribution in [0, 0.1) is 11.7 Å². The van der Waals surface area contributed by atoms with Crippen molar-refractivity contribution in [3.8, 4) is 0 Å². The fourth-order valence-corrected chi connectivity index (χ4v) is 2.86. The molecule has 2 aromatic rings. The van der Waals surface area contributed by atoms with Crippen LogP contribution in [-0.2, 0) is 6.42 Å². The number of halogens is 1. The molecular formula is C15H20FN3. The monoisotopic (exact) mass is 261 g/mol. The lowest BCUT2D eigenvalue weighted by atomic mass is 9.99. The van der Waals surface area contributed by atoms with Crippen LogP contribution < -0.4 is 5.73 Å². The van der Waals surface area contributed by atoms with E-state index < -0.39 is 0 Å². The van der Waals surface area contributed by atoms with Gasteiger partial charge in [-0.15, -0.1) is 0 Å². The minimum Gasteiger partial charge on any atom is -0.361 e. The molecule has 1 aliphatic heterocycles. The van der Waals surface area contributed by atoms with E-state index in [9.17, 15) is 4.39 Å². The third kappa shape index (κ3) is 2.65. The third-order valence-electron chi connectivity index (χ3n) is 4.02. The number of rotatable bonds is 5. The molecule has 0 bridgehead atoms. The summed E-state index contributed by atoms with van der Waals surface area (Å²) in [5.74, 6) is 0.532. The molecule has 19 heavy (non-hydrogen) atoms. The standard InChI is InChI=1S/C15H20FN3/c16-13-3-4-15-14(6-13)12(8-18-15)2-1-5-19-9-11(7-17)10-19/h3-4,6,8,11,18H,1-2,5,7,9-10,17H2. The Morgan fingerprint density at radius 2 is 2.21 bits per heavy atom. The molecule has 0 aliphatic carbocycles. The number of hydrogen-bond acceptors (Lipinski definition) is 2. The van der Waals surface area contributed by atoms with Crippen molar-refractivity contribution in [2.75, 3.05) is 26.2 Å². The summed E-state index contributed by atoms with van der Waals surface area (Å²) < 4.78 is 13.3. The number of nitrogens with two attached hydrogens (primary N) is 1. The van der Waals surface area contributed by atoms with E-state index in [0.717, 1.165) is 49.9 Å². The van der Waals surface area contributed by atoms with E-state index in [1.54, 1.807) is 12.1 Å². The van der Waals surface area contributed by atoms with Gasteiger partial charge < -0.3 is 15.6 Å². The van der Waals surface area contributed by atoms with Crippen molar-refractivity contribution < 1.29 is 4.39 Å². The first-order valence-electron chi connectivity index (χ1n) is 6.94.